The third-order valence-corrected chi connectivity index (χ3v) is 4.77. The predicted molar refractivity (Wildman–Crippen MR) is 84.2 cm³/mol. The van der Waals surface area contributed by atoms with E-state index >= 15 is 0 Å². The highest BCUT2D eigenvalue weighted by molar-refractivity contribution is 5.95. The molecule has 4 rings (SSSR count). The highest BCUT2D eigenvalue weighted by Crippen LogP contribution is 2.41. The van der Waals surface area contributed by atoms with Crippen LogP contribution in [0, 0.1) is 0 Å². The van der Waals surface area contributed by atoms with Gasteiger partial charge in [0.2, 0.25) is 0 Å². The van der Waals surface area contributed by atoms with Crippen LogP contribution in [0.3, 0.4) is 0 Å². The van der Waals surface area contributed by atoms with Gasteiger partial charge in [0, 0.05) is 17.0 Å². The van der Waals surface area contributed by atoms with Gasteiger partial charge in [-0.3, -0.25) is 4.68 Å². The molecule has 1 saturated carbocycles. The monoisotopic (exact) mass is 299 g/mol. The first kappa shape index (κ1) is 13.8. The Morgan fingerprint density at radius 3 is 2.73 bits per heavy atom. The molecule has 1 N–H and O–H groups in total. The number of hydrogen-bond acceptors (Lipinski definition) is 4. The van der Waals surface area contributed by atoms with Crippen LogP contribution >= 0.6 is 0 Å². The molecular formula is C17H21N3O2. The minimum atomic E-state index is -0.280. The van der Waals surface area contributed by atoms with E-state index in [1.807, 2.05) is 18.2 Å². The van der Waals surface area contributed by atoms with Crippen molar-refractivity contribution in [2.45, 2.75) is 37.6 Å². The summed E-state index contributed by atoms with van der Waals surface area (Å²) in [7, 11) is 1.42. The van der Waals surface area contributed by atoms with E-state index in [1.165, 1.54) is 25.6 Å². The Bertz CT molecular complexity index is 712. The average molecular weight is 299 g/mol. The van der Waals surface area contributed by atoms with Crippen LogP contribution in [0.5, 0.6) is 0 Å². The first-order valence-electron chi connectivity index (χ1n) is 8.09. The highest BCUT2D eigenvalue weighted by atomic mass is 16.5. The quantitative estimate of drug-likeness (QED) is 0.885. The zero-order valence-electron chi connectivity index (χ0n) is 12.8. The molecule has 2 aromatic rings. The lowest BCUT2D eigenvalue weighted by atomic mass is 9.92. The van der Waals surface area contributed by atoms with Crippen LogP contribution in [-0.4, -0.2) is 35.9 Å². The SMILES string of the molecule is COC(=O)c1ccc2nn(C3CC3)c(C3CCNCC3)c2c1. The van der Waals surface area contributed by atoms with Crippen molar-refractivity contribution in [1.29, 1.82) is 0 Å². The first-order valence-corrected chi connectivity index (χ1v) is 8.09. The number of piperidine rings is 1. The molecule has 1 aliphatic heterocycles. The molecule has 5 nitrogen and oxygen atoms in total. The zero-order chi connectivity index (χ0) is 15.1. The van der Waals surface area contributed by atoms with E-state index in [0.29, 0.717) is 17.5 Å². The minimum Gasteiger partial charge on any atom is -0.465 e. The summed E-state index contributed by atoms with van der Waals surface area (Å²) in [5.41, 5.74) is 2.93. The topological polar surface area (TPSA) is 56.1 Å². The number of carbonyl (C=O) groups excluding carboxylic acids is 1. The molecular weight excluding hydrogens is 278 g/mol. The number of ether oxygens (including phenoxy) is 1. The zero-order valence-corrected chi connectivity index (χ0v) is 12.8. The fourth-order valence-corrected chi connectivity index (χ4v) is 3.47. The number of methoxy groups -OCH3 is 1. The Kier molecular flexibility index (Phi) is 3.37. The fourth-order valence-electron chi connectivity index (χ4n) is 3.47. The molecule has 0 amide bonds. The summed E-state index contributed by atoms with van der Waals surface area (Å²) in [6, 6.07) is 6.28. The lowest BCUT2D eigenvalue weighted by molar-refractivity contribution is 0.0601. The van der Waals surface area contributed by atoms with Gasteiger partial charge in [-0.05, 0) is 57.0 Å². The van der Waals surface area contributed by atoms with Gasteiger partial charge in [-0.15, -0.1) is 0 Å². The Balaban J connectivity index is 1.85. The Labute approximate surface area is 129 Å². The van der Waals surface area contributed by atoms with Gasteiger partial charge >= 0.3 is 5.97 Å². The van der Waals surface area contributed by atoms with Crippen LogP contribution in [0.2, 0.25) is 0 Å². The second-order valence-electron chi connectivity index (χ2n) is 6.31. The van der Waals surface area contributed by atoms with Crippen molar-refractivity contribution < 1.29 is 9.53 Å². The van der Waals surface area contributed by atoms with Crippen LogP contribution in [0.25, 0.3) is 10.9 Å². The van der Waals surface area contributed by atoms with Gasteiger partial charge in [-0.1, -0.05) is 0 Å². The second-order valence-corrected chi connectivity index (χ2v) is 6.31. The van der Waals surface area contributed by atoms with Gasteiger partial charge in [0.1, 0.15) is 0 Å². The normalized spacial score (nSPS) is 19.5. The van der Waals surface area contributed by atoms with Crippen LogP contribution < -0.4 is 5.32 Å². The number of hydrogen-bond donors (Lipinski definition) is 1. The van der Waals surface area contributed by atoms with Crippen LogP contribution in [0.15, 0.2) is 18.2 Å². The number of benzene rings is 1. The van der Waals surface area contributed by atoms with E-state index in [2.05, 4.69) is 10.00 Å². The van der Waals surface area contributed by atoms with E-state index in [1.54, 1.807) is 0 Å². The van der Waals surface area contributed by atoms with Crippen molar-refractivity contribution in [3.05, 3.63) is 29.5 Å². The molecule has 2 heterocycles. The average Bonchev–Trinajstić information content (AvgIpc) is 3.35. The number of carbonyl (C=O) groups is 1. The number of fused-ring (bicyclic) bond motifs is 1. The van der Waals surface area contributed by atoms with Crippen molar-refractivity contribution in [3.63, 3.8) is 0 Å². The minimum absolute atomic E-state index is 0.280. The molecule has 116 valence electrons. The predicted octanol–water partition coefficient (Wildman–Crippen LogP) is 2.62. The van der Waals surface area contributed by atoms with Crippen LogP contribution in [-0.2, 0) is 4.74 Å². The maximum absolute atomic E-state index is 11.8. The van der Waals surface area contributed by atoms with Crippen LogP contribution in [0.1, 0.15) is 53.7 Å². The Hall–Kier alpha value is -1.88. The van der Waals surface area contributed by atoms with Crippen molar-refractivity contribution in [1.82, 2.24) is 15.1 Å². The summed E-state index contributed by atoms with van der Waals surface area (Å²) >= 11 is 0. The molecule has 2 fully saturated rings. The summed E-state index contributed by atoms with van der Waals surface area (Å²) in [5.74, 6) is 0.247. The van der Waals surface area contributed by atoms with Crippen LogP contribution in [0.4, 0.5) is 0 Å². The van der Waals surface area contributed by atoms with Gasteiger partial charge in [0.15, 0.2) is 0 Å². The van der Waals surface area contributed by atoms with Gasteiger partial charge in [0.25, 0.3) is 0 Å². The summed E-state index contributed by atoms with van der Waals surface area (Å²) in [5, 5.41) is 9.37. The van der Waals surface area contributed by atoms with Crippen molar-refractivity contribution in [2.75, 3.05) is 20.2 Å². The Morgan fingerprint density at radius 1 is 1.27 bits per heavy atom. The van der Waals surface area contributed by atoms with Crippen molar-refractivity contribution in [3.8, 4) is 0 Å². The number of nitrogens with one attached hydrogen (secondary N) is 1. The molecule has 0 unspecified atom stereocenters. The number of nitrogens with zero attached hydrogens (tertiary/aromatic N) is 2. The van der Waals surface area contributed by atoms with E-state index in [0.717, 1.165) is 36.8 Å². The molecule has 1 saturated heterocycles. The third-order valence-electron chi connectivity index (χ3n) is 4.77. The molecule has 2 aliphatic rings. The molecule has 22 heavy (non-hydrogen) atoms. The van der Waals surface area contributed by atoms with E-state index in [-0.39, 0.29) is 5.97 Å². The first-order chi connectivity index (χ1) is 10.8. The van der Waals surface area contributed by atoms with E-state index < -0.39 is 0 Å². The molecule has 0 spiro atoms. The third kappa shape index (κ3) is 2.29. The van der Waals surface area contributed by atoms with Gasteiger partial charge < -0.3 is 10.1 Å². The molecule has 0 bridgehead atoms. The Morgan fingerprint density at radius 2 is 2.05 bits per heavy atom. The van der Waals surface area contributed by atoms with E-state index in [4.69, 9.17) is 9.84 Å². The molecule has 1 aliphatic carbocycles. The maximum atomic E-state index is 11.8. The number of aromatic nitrogens is 2. The molecule has 1 aromatic heterocycles. The van der Waals surface area contributed by atoms with Crippen molar-refractivity contribution >= 4 is 16.9 Å². The molecule has 0 atom stereocenters. The van der Waals surface area contributed by atoms with Gasteiger partial charge in [-0.25, -0.2) is 4.79 Å². The number of esters is 1. The lowest BCUT2D eigenvalue weighted by Crippen LogP contribution is -2.27. The summed E-state index contributed by atoms with van der Waals surface area (Å²) < 4.78 is 7.10. The highest BCUT2D eigenvalue weighted by Gasteiger charge is 2.31. The van der Waals surface area contributed by atoms with Crippen molar-refractivity contribution in [2.24, 2.45) is 0 Å². The summed E-state index contributed by atoms with van der Waals surface area (Å²) in [6.07, 6.45) is 4.71. The smallest absolute Gasteiger partial charge is 0.337 e. The molecule has 5 heteroatoms. The summed E-state index contributed by atoms with van der Waals surface area (Å²) in [4.78, 5) is 11.8. The van der Waals surface area contributed by atoms with Gasteiger partial charge in [-0.2, -0.15) is 5.10 Å². The second kappa shape index (κ2) is 5.39. The van der Waals surface area contributed by atoms with Gasteiger partial charge in [0.05, 0.1) is 24.2 Å². The number of rotatable bonds is 3. The molecule has 0 radical (unpaired) electrons. The largest absolute Gasteiger partial charge is 0.465 e. The fraction of sp³-hybridized carbons (Fsp3) is 0.529. The maximum Gasteiger partial charge on any atom is 0.337 e. The van der Waals surface area contributed by atoms with E-state index in [9.17, 15) is 4.79 Å². The standard InChI is InChI=1S/C17H21N3O2/c1-22-17(21)12-2-5-15-14(10-12)16(11-6-8-18-9-7-11)20(19-15)13-3-4-13/h2,5,10-11,13,18H,3-4,6-9H2,1H3. The molecule has 1 aromatic carbocycles. The lowest BCUT2D eigenvalue weighted by Gasteiger charge is -2.24. The summed E-state index contributed by atoms with van der Waals surface area (Å²) in [6.45, 7) is 2.11.